The highest BCUT2D eigenvalue weighted by molar-refractivity contribution is 5.78. The van der Waals surface area contributed by atoms with Crippen molar-refractivity contribution in [1.82, 2.24) is 5.32 Å². The van der Waals surface area contributed by atoms with Crippen LogP contribution in [0.25, 0.3) is 0 Å². The lowest BCUT2D eigenvalue weighted by Crippen LogP contribution is -2.30. The van der Waals surface area contributed by atoms with Crippen LogP contribution in [-0.2, 0) is 11.3 Å². The van der Waals surface area contributed by atoms with Crippen molar-refractivity contribution in [3.8, 4) is 0 Å². The van der Waals surface area contributed by atoms with E-state index in [0.29, 0.717) is 6.54 Å². The molecule has 22 heavy (non-hydrogen) atoms. The number of hydrogen-bond donors (Lipinski definition) is 1. The second-order valence-electron chi connectivity index (χ2n) is 4.98. The predicted molar refractivity (Wildman–Crippen MR) is 99.0 cm³/mol. The molecule has 1 amide bonds. The van der Waals surface area contributed by atoms with E-state index in [1.807, 2.05) is 27.7 Å². The van der Waals surface area contributed by atoms with Crippen LogP contribution < -0.4 is 5.32 Å². The zero-order valence-electron chi connectivity index (χ0n) is 15.8. The van der Waals surface area contributed by atoms with E-state index in [1.54, 1.807) is 0 Å². The van der Waals surface area contributed by atoms with Gasteiger partial charge in [-0.1, -0.05) is 84.2 Å². The molecule has 1 N–H and O–H groups in total. The Labute approximate surface area is 138 Å². The van der Waals surface area contributed by atoms with E-state index in [-0.39, 0.29) is 11.8 Å². The second kappa shape index (κ2) is 16.1. The van der Waals surface area contributed by atoms with Gasteiger partial charge in [0, 0.05) is 12.5 Å². The van der Waals surface area contributed by atoms with Gasteiger partial charge in [-0.15, -0.1) is 0 Å². The van der Waals surface area contributed by atoms with Crippen LogP contribution in [-0.4, -0.2) is 5.91 Å². The number of aryl methyl sites for hydroxylation is 1. The number of carbonyl (C=O) groups excluding carboxylic acids is 1. The first-order valence-electron chi connectivity index (χ1n) is 9.00. The van der Waals surface area contributed by atoms with Gasteiger partial charge in [0.15, 0.2) is 0 Å². The van der Waals surface area contributed by atoms with E-state index < -0.39 is 0 Å². The molecule has 0 spiro atoms. The van der Waals surface area contributed by atoms with Crippen LogP contribution in [0.2, 0.25) is 0 Å². The average molecular weight is 308 g/mol. The quantitative estimate of drug-likeness (QED) is 0.669. The summed E-state index contributed by atoms with van der Waals surface area (Å²) >= 11 is 0. The standard InChI is InChI=1S/C16H25NO.2C2H6/c1-4-6-15(7-5-2)16(18)17-12-14-10-8-13(3)9-11-14;2*1-2/h8-11,15H,4-7,12H2,1-3H3,(H,17,18);2*1-2H3. The van der Waals surface area contributed by atoms with Crippen molar-refractivity contribution in [1.29, 1.82) is 0 Å². The molecule has 0 unspecified atom stereocenters. The minimum Gasteiger partial charge on any atom is -0.352 e. The fourth-order valence-electron chi connectivity index (χ4n) is 2.14. The second-order valence-corrected chi connectivity index (χ2v) is 4.98. The van der Waals surface area contributed by atoms with Crippen LogP contribution in [0.5, 0.6) is 0 Å². The van der Waals surface area contributed by atoms with Crippen molar-refractivity contribution in [2.45, 2.75) is 80.7 Å². The number of amides is 1. The Morgan fingerprint density at radius 1 is 0.955 bits per heavy atom. The molecule has 1 aromatic rings. The Bertz CT molecular complexity index is 350. The summed E-state index contributed by atoms with van der Waals surface area (Å²) in [5.41, 5.74) is 2.42. The first kappa shape index (κ1) is 23.0. The maximum Gasteiger partial charge on any atom is 0.223 e. The highest BCUT2D eigenvalue weighted by Gasteiger charge is 2.15. The minimum absolute atomic E-state index is 0.186. The van der Waals surface area contributed by atoms with Gasteiger partial charge in [0.1, 0.15) is 0 Å². The zero-order chi connectivity index (χ0) is 17.4. The average Bonchev–Trinajstić information content (AvgIpc) is 2.57. The molecule has 128 valence electrons. The molecule has 0 atom stereocenters. The van der Waals surface area contributed by atoms with Crippen LogP contribution >= 0.6 is 0 Å². The lowest BCUT2D eigenvalue weighted by Gasteiger charge is -2.15. The van der Waals surface area contributed by atoms with E-state index in [1.165, 1.54) is 11.1 Å². The normalized spacial score (nSPS) is 9.27. The van der Waals surface area contributed by atoms with Crippen LogP contribution in [0, 0.1) is 12.8 Å². The lowest BCUT2D eigenvalue weighted by molar-refractivity contribution is -0.125. The van der Waals surface area contributed by atoms with E-state index in [4.69, 9.17) is 0 Å². The first-order chi connectivity index (χ1) is 10.7. The monoisotopic (exact) mass is 307 g/mol. The van der Waals surface area contributed by atoms with Crippen molar-refractivity contribution in [3.63, 3.8) is 0 Å². The van der Waals surface area contributed by atoms with Gasteiger partial charge < -0.3 is 5.32 Å². The minimum atomic E-state index is 0.186. The summed E-state index contributed by atoms with van der Waals surface area (Å²) < 4.78 is 0. The molecule has 1 aromatic carbocycles. The van der Waals surface area contributed by atoms with E-state index in [2.05, 4.69) is 50.4 Å². The van der Waals surface area contributed by atoms with Crippen LogP contribution in [0.15, 0.2) is 24.3 Å². The maximum absolute atomic E-state index is 12.1. The molecule has 0 aliphatic heterocycles. The molecule has 2 nitrogen and oxygen atoms in total. The molecule has 0 aromatic heterocycles. The van der Waals surface area contributed by atoms with Crippen molar-refractivity contribution < 1.29 is 4.79 Å². The molecule has 0 aliphatic carbocycles. The van der Waals surface area contributed by atoms with Gasteiger partial charge in [0.05, 0.1) is 0 Å². The van der Waals surface area contributed by atoms with Crippen LogP contribution in [0.3, 0.4) is 0 Å². The summed E-state index contributed by atoms with van der Waals surface area (Å²) in [4.78, 5) is 12.1. The Morgan fingerprint density at radius 3 is 1.82 bits per heavy atom. The third kappa shape index (κ3) is 10.4. The number of rotatable bonds is 7. The maximum atomic E-state index is 12.1. The van der Waals surface area contributed by atoms with E-state index in [0.717, 1.165) is 25.7 Å². The van der Waals surface area contributed by atoms with Crippen molar-refractivity contribution >= 4 is 5.91 Å². The van der Waals surface area contributed by atoms with E-state index >= 15 is 0 Å². The lowest BCUT2D eigenvalue weighted by atomic mass is 9.97. The van der Waals surface area contributed by atoms with E-state index in [9.17, 15) is 4.79 Å². The summed E-state index contributed by atoms with van der Waals surface area (Å²) in [6, 6.07) is 8.31. The van der Waals surface area contributed by atoms with Gasteiger partial charge in [0.2, 0.25) is 5.91 Å². The molecule has 0 aliphatic rings. The molecule has 0 bridgehead atoms. The summed E-state index contributed by atoms with van der Waals surface area (Å²) in [5.74, 6) is 0.393. The highest BCUT2D eigenvalue weighted by atomic mass is 16.1. The predicted octanol–water partition coefficient (Wildman–Crippen LogP) is 5.88. The Hall–Kier alpha value is -1.31. The highest BCUT2D eigenvalue weighted by Crippen LogP contribution is 2.14. The fourth-order valence-corrected chi connectivity index (χ4v) is 2.14. The van der Waals surface area contributed by atoms with Gasteiger partial charge in [-0.3, -0.25) is 4.79 Å². The summed E-state index contributed by atoms with van der Waals surface area (Å²) in [6.45, 7) is 15.0. The summed E-state index contributed by atoms with van der Waals surface area (Å²) in [7, 11) is 0. The molecular formula is C20H37NO. The molecular weight excluding hydrogens is 270 g/mol. The van der Waals surface area contributed by atoms with Crippen molar-refractivity contribution in [2.75, 3.05) is 0 Å². The van der Waals surface area contributed by atoms with Crippen molar-refractivity contribution in [3.05, 3.63) is 35.4 Å². The summed E-state index contributed by atoms with van der Waals surface area (Å²) in [6.07, 6.45) is 4.13. The zero-order valence-corrected chi connectivity index (χ0v) is 15.8. The molecule has 1 rings (SSSR count). The molecule has 2 heteroatoms. The Balaban J connectivity index is 0. The smallest absolute Gasteiger partial charge is 0.223 e. The number of nitrogens with one attached hydrogen (secondary N) is 1. The van der Waals surface area contributed by atoms with Crippen LogP contribution in [0.4, 0.5) is 0 Å². The molecule has 0 fully saturated rings. The third-order valence-corrected chi connectivity index (χ3v) is 3.23. The van der Waals surface area contributed by atoms with Gasteiger partial charge in [-0.25, -0.2) is 0 Å². The number of hydrogen-bond acceptors (Lipinski definition) is 1. The number of carbonyl (C=O) groups is 1. The van der Waals surface area contributed by atoms with Gasteiger partial charge in [-0.05, 0) is 25.3 Å². The third-order valence-electron chi connectivity index (χ3n) is 3.23. The van der Waals surface area contributed by atoms with Crippen LogP contribution in [0.1, 0.15) is 78.4 Å². The molecule has 0 saturated carbocycles. The fraction of sp³-hybridized carbons (Fsp3) is 0.650. The van der Waals surface area contributed by atoms with Crippen molar-refractivity contribution in [2.24, 2.45) is 5.92 Å². The largest absolute Gasteiger partial charge is 0.352 e. The topological polar surface area (TPSA) is 29.1 Å². The van der Waals surface area contributed by atoms with Gasteiger partial charge >= 0.3 is 0 Å². The first-order valence-corrected chi connectivity index (χ1v) is 9.00. The molecule has 0 saturated heterocycles. The Morgan fingerprint density at radius 2 is 1.41 bits per heavy atom. The Kier molecular flexibility index (Phi) is 16.8. The SMILES string of the molecule is CC.CC.CCCC(CCC)C(=O)NCc1ccc(C)cc1. The van der Waals surface area contributed by atoms with Gasteiger partial charge in [-0.2, -0.15) is 0 Å². The number of benzene rings is 1. The summed E-state index contributed by atoms with van der Waals surface area (Å²) in [5, 5.41) is 3.05. The molecule has 0 heterocycles. The molecule has 0 radical (unpaired) electrons. The van der Waals surface area contributed by atoms with Gasteiger partial charge in [0.25, 0.3) is 0 Å².